The number of methoxy groups -OCH3 is 1. The molecule has 6 nitrogen and oxygen atoms in total. The molecule has 0 unspecified atom stereocenters. The first kappa shape index (κ1) is 20.8. The topological polar surface area (TPSA) is 74.8 Å². The first-order valence-electron chi connectivity index (χ1n) is 7.80. The summed E-state index contributed by atoms with van der Waals surface area (Å²) in [5, 5.41) is 8.40. The standard InChI is InChI=1S/C16H23F3N4O2/c1-3-20-15(23-11-14(24)21-7-8-25-2)22-10-12-5-4-6-13(9-12)16(17,18)19/h4-6,9H,3,7-8,10-11H2,1-2H3,(H,21,24)(H2,20,22,23). The third-order valence-corrected chi connectivity index (χ3v) is 3.06. The summed E-state index contributed by atoms with van der Waals surface area (Å²) in [6.07, 6.45) is -4.39. The summed E-state index contributed by atoms with van der Waals surface area (Å²) in [5.74, 6) is 0.114. The molecule has 1 aromatic rings. The van der Waals surface area contributed by atoms with E-state index in [9.17, 15) is 18.0 Å². The average Bonchev–Trinajstić information content (AvgIpc) is 2.57. The van der Waals surface area contributed by atoms with Crippen molar-refractivity contribution in [2.75, 3.05) is 33.4 Å². The highest BCUT2D eigenvalue weighted by Crippen LogP contribution is 2.29. The Morgan fingerprint density at radius 2 is 2.00 bits per heavy atom. The summed E-state index contributed by atoms with van der Waals surface area (Å²) in [5.41, 5.74) is -0.285. The van der Waals surface area contributed by atoms with Gasteiger partial charge in [-0.2, -0.15) is 13.2 Å². The van der Waals surface area contributed by atoms with Gasteiger partial charge in [-0.15, -0.1) is 0 Å². The minimum Gasteiger partial charge on any atom is -0.383 e. The number of aliphatic imine (C=N–C) groups is 1. The highest BCUT2D eigenvalue weighted by Gasteiger charge is 2.30. The van der Waals surface area contributed by atoms with E-state index in [2.05, 4.69) is 20.9 Å². The van der Waals surface area contributed by atoms with Crippen LogP contribution in [0.1, 0.15) is 18.1 Å². The van der Waals surface area contributed by atoms with Gasteiger partial charge in [0.15, 0.2) is 5.96 Å². The smallest absolute Gasteiger partial charge is 0.383 e. The second-order valence-electron chi connectivity index (χ2n) is 5.09. The molecule has 9 heteroatoms. The van der Waals surface area contributed by atoms with Crippen molar-refractivity contribution in [1.82, 2.24) is 16.0 Å². The Hall–Kier alpha value is -2.29. The van der Waals surface area contributed by atoms with Crippen LogP contribution in [0.25, 0.3) is 0 Å². The van der Waals surface area contributed by atoms with Crippen LogP contribution in [0.15, 0.2) is 29.3 Å². The highest BCUT2D eigenvalue weighted by atomic mass is 19.4. The first-order chi connectivity index (χ1) is 11.9. The molecule has 0 heterocycles. The molecule has 0 aliphatic rings. The molecule has 140 valence electrons. The number of nitrogens with zero attached hydrogens (tertiary/aromatic N) is 1. The van der Waals surface area contributed by atoms with E-state index >= 15 is 0 Å². The Morgan fingerprint density at radius 1 is 1.24 bits per heavy atom. The van der Waals surface area contributed by atoms with Crippen LogP contribution in [0, 0.1) is 0 Å². The molecular weight excluding hydrogens is 337 g/mol. The van der Waals surface area contributed by atoms with Crippen LogP contribution in [0.5, 0.6) is 0 Å². The van der Waals surface area contributed by atoms with E-state index in [0.29, 0.717) is 31.2 Å². The van der Waals surface area contributed by atoms with Crippen LogP contribution >= 0.6 is 0 Å². The van der Waals surface area contributed by atoms with Crippen molar-refractivity contribution < 1.29 is 22.7 Å². The van der Waals surface area contributed by atoms with Gasteiger partial charge in [-0.1, -0.05) is 12.1 Å². The van der Waals surface area contributed by atoms with E-state index in [1.165, 1.54) is 13.2 Å². The van der Waals surface area contributed by atoms with Crippen LogP contribution < -0.4 is 16.0 Å². The molecule has 1 amide bonds. The molecule has 3 N–H and O–H groups in total. The molecule has 0 aliphatic carbocycles. The number of ether oxygens (including phenoxy) is 1. The van der Waals surface area contributed by atoms with Crippen LogP contribution in [0.4, 0.5) is 13.2 Å². The summed E-state index contributed by atoms with van der Waals surface area (Å²) in [6, 6.07) is 4.99. The monoisotopic (exact) mass is 360 g/mol. The minimum absolute atomic E-state index is 0.00185. The zero-order valence-corrected chi connectivity index (χ0v) is 14.2. The van der Waals surface area contributed by atoms with Crippen molar-refractivity contribution in [3.05, 3.63) is 35.4 Å². The predicted molar refractivity (Wildman–Crippen MR) is 89.1 cm³/mol. The largest absolute Gasteiger partial charge is 0.416 e. The molecule has 0 saturated carbocycles. The van der Waals surface area contributed by atoms with Gasteiger partial charge in [0.25, 0.3) is 0 Å². The van der Waals surface area contributed by atoms with Gasteiger partial charge in [0.05, 0.1) is 25.3 Å². The molecule has 0 atom stereocenters. The van der Waals surface area contributed by atoms with E-state index in [1.807, 2.05) is 6.92 Å². The van der Waals surface area contributed by atoms with Crippen molar-refractivity contribution in [2.45, 2.75) is 19.6 Å². The zero-order chi connectivity index (χ0) is 18.7. The lowest BCUT2D eigenvalue weighted by Crippen LogP contribution is -2.43. The van der Waals surface area contributed by atoms with Crippen molar-refractivity contribution in [3.8, 4) is 0 Å². The third kappa shape index (κ3) is 8.39. The second-order valence-corrected chi connectivity index (χ2v) is 5.09. The fraction of sp³-hybridized carbons (Fsp3) is 0.500. The summed E-state index contributed by atoms with van der Waals surface area (Å²) in [6.45, 7) is 3.27. The summed E-state index contributed by atoms with van der Waals surface area (Å²) in [7, 11) is 1.54. The van der Waals surface area contributed by atoms with Gasteiger partial charge >= 0.3 is 6.18 Å². The average molecular weight is 360 g/mol. The molecule has 0 radical (unpaired) electrons. The normalized spacial score (nSPS) is 12.0. The number of hydrogen-bond donors (Lipinski definition) is 3. The van der Waals surface area contributed by atoms with E-state index in [0.717, 1.165) is 12.1 Å². The van der Waals surface area contributed by atoms with Crippen molar-refractivity contribution in [2.24, 2.45) is 4.99 Å². The van der Waals surface area contributed by atoms with E-state index in [-0.39, 0.29) is 19.0 Å². The van der Waals surface area contributed by atoms with Crippen molar-refractivity contribution in [1.29, 1.82) is 0 Å². The Bertz CT molecular complexity index is 577. The van der Waals surface area contributed by atoms with Crippen LogP contribution in [-0.4, -0.2) is 45.2 Å². The number of nitrogens with one attached hydrogen (secondary N) is 3. The lowest BCUT2D eigenvalue weighted by Gasteiger charge is -2.12. The first-order valence-corrected chi connectivity index (χ1v) is 7.80. The Labute approximate surface area is 144 Å². The zero-order valence-electron chi connectivity index (χ0n) is 14.2. The van der Waals surface area contributed by atoms with Crippen molar-refractivity contribution in [3.63, 3.8) is 0 Å². The molecular formula is C16H23F3N4O2. The summed E-state index contributed by atoms with van der Waals surface area (Å²) in [4.78, 5) is 15.8. The molecule has 0 aromatic heterocycles. The Kier molecular flexibility index (Phi) is 8.76. The number of alkyl halides is 3. The number of hydrogen-bond acceptors (Lipinski definition) is 3. The van der Waals surface area contributed by atoms with Crippen LogP contribution in [-0.2, 0) is 22.3 Å². The van der Waals surface area contributed by atoms with Crippen LogP contribution in [0.2, 0.25) is 0 Å². The van der Waals surface area contributed by atoms with Gasteiger partial charge in [-0.25, -0.2) is 4.99 Å². The number of halogens is 3. The lowest BCUT2D eigenvalue weighted by molar-refractivity contribution is -0.137. The number of guanidine groups is 1. The van der Waals surface area contributed by atoms with Gasteiger partial charge in [0.2, 0.25) is 5.91 Å². The fourth-order valence-corrected chi connectivity index (χ4v) is 1.88. The number of carbonyl (C=O) groups is 1. The maximum atomic E-state index is 12.7. The number of benzene rings is 1. The number of rotatable bonds is 8. The maximum Gasteiger partial charge on any atom is 0.416 e. The molecule has 0 saturated heterocycles. The van der Waals surface area contributed by atoms with E-state index in [1.54, 1.807) is 6.07 Å². The van der Waals surface area contributed by atoms with E-state index < -0.39 is 11.7 Å². The number of amides is 1. The second kappa shape index (κ2) is 10.5. The lowest BCUT2D eigenvalue weighted by atomic mass is 10.1. The van der Waals surface area contributed by atoms with Gasteiger partial charge in [-0.05, 0) is 24.6 Å². The SMILES string of the molecule is CCNC(=NCc1cccc(C(F)(F)F)c1)NCC(=O)NCCOC. The maximum absolute atomic E-state index is 12.7. The third-order valence-electron chi connectivity index (χ3n) is 3.06. The van der Waals surface area contributed by atoms with Crippen LogP contribution in [0.3, 0.4) is 0 Å². The molecule has 0 bridgehead atoms. The Balaban J connectivity index is 2.62. The van der Waals surface area contributed by atoms with Gasteiger partial charge < -0.3 is 20.7 Å². The quantitative estimate of drug-likeness (QED) is 0.373. The van der Waals surface area contributed by atoms with Gasteiger partial charge in [0, 0.05) is 20.2 Å². The summed E-state index contributed by atoms with van der Waals surface area (Å²) < 4.78 is 43.0. The number of carbonyl (C=O) groups excluding carboxylic acids is 1. The Morgan fingerprint density at radius 3 is 2.64 bits per heavy atom. The minimum atomic E-state index is -4.39. The van der Waals surface area contributed by atoms with Gasteiger partial charge in [-0.3, -0.25) is 4.79 Å². The van der Waals surface area contributed by atoms with Crippen molar-refractivity contribution >= 4 is 11.9 Å². The highest BCUT2D eigenvalue weighted by molar-refractivity contribution is 5.86. The molecule has 1 rings (SSSR count). The molecule has 25 heavy (non-hydrogen) atoms. The summed E-state index contributed by atoms with van der Waals surface area (Å²) >= 11 is 0. The molecule has 0 fully saturated rings. The molecule has 0 spiro atoms. The molecule has 0 aliphatic heterocycles. The predicted octanol–water partition coefficient (Wildman–Crippen LogP) is 1.52. The van der Waals surface area contributed by atoms with E-state index in [4.69, 9.17) is 4.74 Å². The molecule has 1 aromatic carbocycles. The van der Waals surface area contributed by atoms with Gasteiger partial charge in [0.1, 0.15) is 0 Å². The fourth-order valence-electron chi connectivity index (χ4n) is 1.88.